The molecule has 178 valence electrons. The number of nitrogens with zero attached hydrogens (tertiary/aromatic N) is 2. The number of halogens is 1. The van der Waals surface area contributed by atoms with Crippen molar-refractivity contribution in [2.45, 2.75) is 48.1 Å². The van der Waals surface area contributed by atoms with E-state index < -0.39 is 28.6 Å². The largest absolute Gasteiger partial charge is 0.481 e. The molecule has 2 amide bonds. The zero-order chi connectivity index (χ0) is 23.8. The number of carboxylic acid groups (broad SMARTS) is 1. The molecule has 0 saturated carbocycles. The summed E-state index contributed by atoms with van der Waals surface area (Å²) in [4.78, 5) is 43.1. The Bertz CT molecular complexity index is 959. The fourth-order valence-corrected chi connectivity index (χ4v) is 8.22. The molecule has 4 rings (SSSR count). The van der Waals surface area contributed by atoms with Crippen LogP contribution < -0.4 is 4.90 Å². The third kappa shape index (κ3) is 3.96. The van der Waals surface area contributed by atoms with Crippen LogP contribution in [0.25, 0.3) is 0 Å². The molecule has 3 aliphatic rings. The zero-order valence-corrected chi connectivity index (χ0v) is 19.9. The highest BCUT2D eigenvalue weighted by molar-refractivity contribution is 8.02. The molecule has 1 aromatic rings. The maximum atomic E-state index is 14.2. The van der Waals surface area contributed by atoms with Crippen LogP contribution in [0.2, 0.25) is 5.02 Å². The Kier molecular flexibility index (Phi) is 7.07. The summed E-state index contributed by atoms with van der Waals surface area (Å²) >= 11 is 7.95. The van der Waals surface area contributed by atoms with Crippen molar-refractivity contribution in [2.24, 2.45) is 11.8 Å². The minimum atomic E-state index is -0.963. The summed E-state index contributed by atoms with van der Waals surface area (Å²) < 4.78 is -0.750. The Balaban J connectivity index is 1.74. The van der Waals surface area contributed by atoms with Gasteiger partial charge in [-0.25, -0.2) is 0 Å². The standard InChI is InChI=1S/C24H29ClN2O5S/c1-2-12-26(16-9-5-4-8-15(16)25)22(30)20-24-11-10-17(33-24)18(23(31)32)19(24)21(29)27(20)13-6-3-7-14-28/h2,4-5,8-9,17-20,28H,1,3,6-7,10-14H2,(H,31,32)/t17-,18+,19+,20?,24?/m1/s1. The summed E-state index contributed by atoms with van der Waals surface area (Å²) in [6.45, 7) is 4.44. The Morgan fingerprint density at radius 1 is 1.30 bits per heavy atom. The zero-order valence-electron chi connectivity index (χ0n) is 18.4. The van der Waals surface area contributed by atoms with E-state index in [1.807, 2.05) is 0 Å². The smallest absolute Gasteiger partial charge is 0.308 e. The molecule has 7 nitrogen and oxygen atoms in total. The van der Waals surface area contributed by atoms with E-state index in [9.17, 15) is 19.5 Å². The molecule has 0 radical (unpaired) electrons. The van der Waals surface area contributed by atoms with Crippen molar-refractivity contribution in [3.63, 3.8) is 0 Å². The van der Waals surface area contributed by atoms with Gasteiger partial charge in [0.2, 0.25) is 5.91 Å². The SMILES string of the molecule is C=CCN(C(=O)C1N(CCCCCO)C(=O)[C@@H]2[C@@H](C(=O)O)[C@H]3CCC12S3)c1ccccc1Cl. The number of para-hydroxylation sites is 1. The van der Waals surface area contributed by atoms with Crippen molar-refractivity contribution < 1.29 is 24.6 Å². The van der Waals surface area contributed by atoms with E-state index >= 15 is 0 Å². The van der Waals surface area contributed by atoms with Gasteiger partial charge in [-0.3, -0.25) is 14.4 Å². The molecule has 1 aromatic carbocycles. The first-order chi connectivity index (χ1) is 15.9. The Labute approximate surface area is 202 Å². The number of aliphatic hydroxyl groups is 1. The van der Waals surface area contributed by atoms with Crippen molar-refractivity contribution >= 4 is 46.8 Å². The van der Waals surface area contributed by atoms with Gasteiger partial charge in [-0.1, -0.05) is 29.8 Å². The minimum Gasteiger partial charge on any atom is -0.481 e. The summed E-state index contributed by atoms with van der Waals surface area (Å²) in [5.41, 5.74) is 0.545. The second-order valence-corrected chi connectivity index (χ2v) is 10.9. The van der Waals surface area contributed by atoms with Gasteiger partial charge >= 0.3 is 5.97 Å². The van der Waals surface area contributed by atoms with Gasteiger partial charge in [0.25, 0.3) is 5.91 Å². The number of fused-ring (bicyclic) bond motifs is 1. The van der Waals surface area contributed by atoms with E-state index in [-0.39, 0.29) is 30.2 Å². The molecule has 0 aromatic heterocycles. The highest BCUT2D eigenvalue weighted by Crippen LogP contribution is 2.66. The van der Waals surface area contributed by atoms with E-state index in [4.69, 9.17) is 16.7 Å². The maximum absolute atomic E-state index is 14.2. The number of anilines is 1. The van der Waals surface area contributed by atoms with E-state index in [2.05, 4.69) is 6.58 Å². The Hall–Kier alpha value is -2.03. The number of carbonyl (C=O) groups excluding carboxylic acids is 2. The lowest BCUT2D eigenvalue weighted by atomic mass is 9.71. The van der Waals surface area contributed by atoms with Crippen LogP contribution in [-0.4, -0.2) is 68.6 Å². The first-order valence-electron chi connectivity index (χ1n) is 11.4. The molecular weight excluding hydrogens is 464 g/mol. The van der Waals surface area contributed by atoms with Gasteiger partial charge < -0.3 is 20.0 Å². The number of aliphatic carboxylic acids is 1. The molecule has 9 heteroatoms. The number of thioether (sulfide) groups is 1. The van der Waals surface area contributed by atoms with Crippen molar-refractivity contribution in [3.05, 3.63) is 41.9 Å². The molecule has 2 N–H and O–H groups in total. The second kappa shape index (κ2) is 9.68. The van der Waals surface area contributed by atoms with Gasteiger partial charge in [0.15, 0.2) is 0 Å². The number of hydrogen-bond donors (Lipinski definition) is 2. The molecule has 1 spiro atoms. The van der Waals surface area contributed by atoms with Crippen molar-refractivity contribution in [1.29, 1.82) is 0 Å². The van der Waals surface area contributed by atoms with Gasteiger partial charge in [-0.2, -0.15) is 0 Å². The number of unbranched alkanes of at least 4 members (excludes halogenated alkanes) is 2. The van der Waals surface area contributed by atoms with Gasteiger partial charge in [0.05, 0.1) is 27.3 Å². The van der Waals surface area contributed by atoms with E-state index in [1.54, 1.807) is 40.1 Å². The predicted octanol–water partition coefficient (Wildman–Crippen LogP) is 3.20. The molecule has 2 bridgehead atoms. The van der Waals surface area contributed by atoms with Gasteiger partial charge in [-0.15, -0.1) is 18.3 Å². The Morgan fingerprint density at radius 3 is 2.73 bits per heavy atom. The summed E-state index contributed by atoms with van der Waals surface area (Å²) in [5.74, 6) is -2.93. The third-order valence-corrected chi connectivity index (χ3v) is 9.37. The van der Waals surface area contributed by atoms with Crippen LogP contribution in [0.15, 0.2) is 36.9 Å². The summed E-state index contributed by atoms with van der Waals surface area (Å²) in [6.07, 6.45) is 4.91. The lowest BCUT2D eigenvalue weighted by Crippen LogP contribution is -2.55. The molecule has 3 saturated heterocycles. The molecule has 0 aliphatic carbocycles. The van der Waals surface area contributed by atoms with Gasteiger partial charge in [0.1, 0.15) is 6.04 Å². The van der Waals surface area contributed by atoms with Gasteiger partial charge in [-0.05, 0) is 44.2 Å². The topological polar surface area (TPSA) is 98.2 Å². The highest BCUT2D eigenvalue weighted by atomic mass is 35.5. The van der Waals surface area contributed by atoms with Crippen molar-refractivity contribution in [2.75, 3.05) is 24.6 Å². The molecule has 3 fully saturated rings. The average molecular weight is 493 g/mol. The van der Waals surface area contributed by atoms with Crippen molar-refractivity contribution in [3.8, 4) is 0 Å². The normalized spacial score (nSPS) is 29.9. The quantitative estimate of drug-likeness (QED) is 0.384. The lowest BCUT2D eigenvalue weighted by molar-refractivity contribution is -0.148. The number of benzene rings is 1. The highest BCUT2D eigenvalue weighted by Gasteiger charge is 2.74. The predicted molar refractivity (Wildman–Crippen MR) is 128 cm³/mol. The first-order valence-corrected chi connectivity index (χ1v) is 12.6. The number of carbonyl (C=O) groups is 3. The first kappa shape index (κ1) is 24.1. The molecular formula is C24H29ClN2O5S. The van der Waals surface area contributed by atoms with Crippen LogP contribution in [0.4, 0.5) is 5.69 Å². The average Bonchev–Trinajstić information content (AvgIpc) is 3.43. The third-order valence-electron chi connectivity index (χ3n) is 7.10. The number of aliphatic hydroxyl groups excluding tert-OH is 1. The molecule has 33 heavy (non-hydrogen) atoms. The van der Waals surface area contributed by atoms with Crippen LogP contribution in [-0.2, 0) is 14.4 Å². The monoisotopic (exact) mass is 492 g/mol. The van der Waals surface area contributed by atoms with Crippen LogP contribution in [0.1, 0.15) is 32.1 Å². The van der Waals surface area contributed by atoms with E-state index in [1.165, 1.54) is 11.8 Å². The molecule has 2 unspecified atom stereocenters. The molecule has 3 heterocycles. The summed E-state index contributed by atoms with van der Waals surface area (Å²) in [7, 11) is 0. The van der Waals surface area contributed by atoms with Crippen LogP contribution in [0.5, 0.6) is 0 Å². The van der Waals surface area contributed by atoms with Crippen LogP contribution in [0.3, 0.4) is 0 Å². The molecule has 3 aliphatic heterocycles. The summed E-state index contributed by atoms with van der Waals surface area (Å²) in [6, 6.07) is 6.30. The fourth-order valence-electron chi connectivity index (χ4n) is 5.78. The van der Waals surface area contributed by atoms with Crippen LogP contribution >= 0.6 is 23.4 Å². The fraction of sp³-hybridized carbons (Fsp3) is 0.542. The maximum Gasteiger partial charge on any atom is 0.308 e. The lowest BCUT2D eigenvalue weighted by Gasteiger charge is -2.37. The van der Waals surface area contributed by atoms with E-state index in [0.717, 1.165) is 6.42 Å². The summed E-state index contributed by atoms with van der Waals surface area (Å²) in [5, 5.41) is 19.3. The minimum absolute atomic E-state index is 0.0705. The number of likely N-dealkylation sites (tertiary alicyclic amines) is 1. The number of carboxylic acids is 1. The number of rotatable bonds is 10. The second-order valence-electron chi connectivity index (χ2n) is 8.90. The number of amides is 2. The van der Waals surface area contributed by atoms with Gasteiger partial charge in [0, 0.05) is 24.9 Å². The molecule has 5 atom stereocenters. The van der Waals surface area contributed by atoms with Crippen LogP contribution in [0, 0.1) is 11.8 Å². The number of hydrogen-bond acceptors (Lipinski definition) is 5. The Morgan fingerprint density at radius 2 is 2.06 bits per heavy atom. The van der Waals surface area contributed by atoms with E-state index in [0.29, 0.717) is 42.9 Å². The van der Waals surface area contributed by atoms with Crippen molar-refractivity contribution in [1.82, 2.24) is 4.90 Å².